The van der Waals surface area contributed by atoms with Crippen LogP contribution >= 0.6 is 11.8 Å². The standard InChI is InChI=1S/C17H21NS/c1-14(18(2)3)13-15-9-7-8-12-17(15)19-16-10-5-4-6-11-16/h4-12,14H,13H2,1-3H3/t14-/m1/s1. The molecule has 1 atom stereocenters. The summed E-state index contributed by atoms with van der Waals surface area (Å²) >= 11 is 1.85. The molecule has 0 unspecified atom stereocenters. The largest absolute Gasteiger partial charge is 0.306 e. The van der Waals surface area contributed by atoms with Crippen LogP contribution in [0.2, 0.25) is 0 Å². The van der Waals surface area contributed by atoms with Gasteiger partial charge in [0.25, 0.3) is 0 Å². The van der Waals surface area contributed by atoms with Gasteiger partial charge < -0.3 is 4.90 Å². The fourth-order valence-corrected chi connectivity index (χ4v) is 2.86. The van der Waals surface area contributed by atoms with Gasteiger partial charge in [0.2, 0.25) is 0 Å². The van der Waals surface area contributed by atoms with Crippen LogP contribution < -0.4 is 0 Å². The summed E-state index contributed by atoms with van der Waals surface area (Å²) in [6, 6.07) is 19.8. The number of likely N-dealkylation sites (N-methyl/N-ethyl adjacent to an activating group) is 1. The molecule has 2 aromatic carbocycles. The molecule has 0 amide bonds. The zero-order valence-electron chi connectivity index (χ0n) is 11.8. The zero-order valence-corrected chi connectivity index (χ0v) is 12.7. The summed E-state index contributed by atoms with van der Waals surface area (Å²) < 4.78 is 0. The van der Waals surface area contributed by atoms with E-state index in [0.29, 0.717) is 6.04 Å². The van der Waals surface area contributed by atoms with Crippen molar-refractivity contribution in [2.45, 2.75) is 29.2 Å². The molecule has 0 N–H and O–H groups in total. The second-order valence-electron chi connectivity index (χ2n) is 5.04. The highest BCUT2D eigenvalue weighted by Crippen LogP contribution is 2.30. The third-order valence-corrected chi connectivity index (χ3v) is 4.47. The van der Waals surface area contributed by atoms with Crippen molar-refractivity contribution in [1.82, 2.24) is 4.90 Å². The average molecular weight is 271 g/mol. The number of benzene rings is 2. The Kier molecular flexibility index (Phi) is 5.06. The first kappa shape index (κ1) is 14.2. The van der Waals surface area contributed by atoms with Gasteiger partial charge in [0, 0.05) is 15.8 Å². The Morgan fingerprint density at radius 1 is 0.947 bits per heavy atom. The van der Waals surface area contributed by atoms with Crippen LogP contribution in [0, 0.1) is 0 Å². The van der Waals surface area contributed by atoms with Crippen LogP contribution in [0.15, 0.2) is 64.4 Å². The number of nitrogens with zero attached hydrogens (tertiary/aromatic N) is 1. The maximum absolute atomic E-state index is 2.27. The van der Waals surface area contributed by atoms with Crippen molar-refractivity contribution in [3.8, 4) is 0 Å². The first-order valence-electron chi connectivity index (χ1n) is 6.64. The molecule has 0 spiro atoms. The van der Waals surface area contributed by atoms with Gasteiger partial charge in [0.15, 0.2) is 0 Å². The topological polar surface area (TPSA) is 3.24 Å². The van der Waals surface area contributed by atoms with Gasteiger partial charge in [-0.3, -0.25) is 0 Å². The van der Waals surface area contributed by atoms with E-state index in [0.717, 1.165) is 6.42 Å². The van der Waals surface area contributed by atoms with Gasteiger partial charge in [-0.05, 0) is 51.2 Å². The molecule has 0 heterocycles. The highest BCUT2D eigenvalue weighted by Gasteiger charge is 2.09. The summed E-state index contributed by atoms with van der Waals surface area (Å²) in [6.07, 6.45) is 1.09. The SMILES string of the molecule is C[C@H](Cc1ccccc1Sc1ccccc1)N(C)C. The second kappa shape index (κ2) is 6.78. The van der Waals surface area contributed by atoms with E-state index in [1.165, 1.54) is 15.4 Å². The Bertz CT molecular complexity index is 508. The lowest BCUT2D eigenvalue weighted by Crippen LogP contribution is -2.26. The Labute approximate surface area is 120 Å². The molecule has 0 radical (unpaired) electrons. The van der Waals surface area contributed by atoms with Crippen LogP contribution in [-0.2, 0) is 6.42 Å². The van der Waals surface area contributed by atoms with Crippen LogP contribution in [-0.4, -0.2) is 25.0 Å². The fraction of sp³-hybridized carbons (Fsp3) is 0.294. The molecule has 100 valence electrons. The minimum absolute atomic E-state index is 0.553. The monoisotopic (exact) mass is 271 g/mol. The Morgan fingerprint density at radius 2 is 1.58 bits per heavy atom. The normalized spacial score (nSPS) is 12.6. The molecule has 0 aromatic heterocycles. The van der Waals surface area contributed by atoms with E-state index in [1.807, 2.05) is 11.8 Å². The average Bonchev–Trinajstić information content (AvgIpc) is 2.42. The van der Waals surface area contributed by atoms with Crippen molar-refractivity contribution in [3.05, 3.63) is 60.2 Å². The van der Waals surface area contributed by atoms with E-state index >= 15 is 0 Å². The fourth-order valence-electron chi connectivity index (χ4n) is 1.89. The summed E-state index contributed by atoms with van der Waals surface area (Å²) in [5.41, 5.74) is 1.43. The van der Waals surface area contributed by atoms with E-state index in [2.05, 4.69) is 80.5 Å². The third-order valence-electron chi connectivity index (χ3n) is 3.34. The molecule has 0 saturated carbocycles. The van der Waals surface area contributed by atoms with Crippen molar-refractivity contribution in [2.24, 2.45) is 0 Å². The molecule has 0 aliphatic rings. The first-order valence-corrected chi connectivity index (χ1v) is 7.45. The predicted molar refractivity (Wildman–Crippen MR) is 83.9 cm³/mol. The van der Waals surface area contributed by atoms with Gasteiger partial charge in [-0.1, -0.05) is 48.2 Å². The molecule has 0 bridgehead atoms. The van der Waals surface area contributed by atoms with E-state index < -0.39 is 0 Å². The molecular formula is C17H21NS. The Morgan fingerprint density at radius 3 is 2.26 bits per heavy atom. The first-order chi connectivity index (χ1) is 9.16. The van der Waals surface area contributed by atoms with Crippen LogP contribution in [0.4, 0.5) is 0 Å². The molecule has 0 saturated heterocycles. The highest BCUT2D eigenvalue weighted by atomic mass is 32.2. The van der Waals surface area contributed by atoms with Gasteiger partial charge >= 0.3 is 0 Å². The van der Waals surface area contributed by atoms with E-state index in [1.54, 1.807) is 0 Å². The van der Waals surface area contributed by atoms with Crippen molar-refractivity contribution in [2.75, 3.05) is 14.1 Å². The molecule has 2 heteroatoms. The van der Waals surface area contributed by atoms with Crippen LogP contribution in [0.25, 0.3) is 0 Å². The molecule has 0 aliphatic carbocycles. The van der Waals surface area contributed by atoms with Crippen molar-refractivity contribution < 1.29 is 0 Å². The molecule has 2 aromatic rings. The molecular weight excluding hydrogens is 250 g/mol. The van der Waals surface area contributed by atoms with E-state index in [9.17, 15) is 0 Å². The van der Waals surface area contributed by atoms with Gasteiger partial charge in [0.05, 0.1) is 0 Å². The lowest BCUT2D eigenvalue weighted by molar-refractivity contribution is 0.311. The van der Waals surface area contributed by atoms with E-state index in [-0.39, 0.29) is 0 Å². The maximum Gasteiger partial charge on any atom is 0.0154 e. The highest BCUT2D eigenvalue weighted by molar-refractivity contribution is 7.99. The third kappa shape index (κ3) is 4.12. The van der Waals surface area contributed by atoms with Gasteiger partial charge in [0.1, 0.15) is 0 Å². The van der Waals surface area contributed by atoms with Crippen LogP contribution in [0.3, 0.4) is 0 Å². The zero-order chi connectivity index (χ0) is 13.7. The lowest BCUT2D eigenvalue weighted by Gasteiger charge is -2.21. The second-order valence-corrected chi connectivity index (χ2v) is 6.15. The lowest BCUT2D eigenvalue weighted by atomic mass is 10.1. The molecule has 19 heavy (non-hydrogen) atoms. The molecule has 0 aliphatic heterocycles. The number of hydrogen-bond acceptors (Lipinski definition) is 2. The van der Waals surface area contributed by atoms with Crippen LogP contribution in [0.1, 0.15) is 12.5 Å². The Balaban J connectivity index is 2.17. The summed E-state index contributed by atoms with van der Waals surface area (Å²) in [4.78, 5) is 4.93. The number of rotatable bonds is 5. The minimum atomic E-state index is 0.553. The van der Waals surface area contributed by atoms with Crippen molar-refractivity contribution in [1.29, 1.82) is 0 Å². The quantitative estimate of drug-likeness (QED) is 0.796. The molecule has 0 fully saturated rings. The smallest absolute Gasteiger partial charge is 0.0154 e. The van der Waals surface area contributed by atoms with Crippen LogP contribution in [0.5, 0.6) is 0 Å². The summed E-state index contributed by atoms with van der Waals surface area (Å²) in [6.45, 7) is 2.27. The Hall–Kier alpha value is -1.25. The maximum atomic E-state index is 2.27. The summed E-state index contributed by atoms with van der Waals surface area (Å²) in [5, 5.41) is 0. The van der Waals surface area contributed by atoms with Gasteiger partial charge in [-0.15, -0.1) is 0 Å². The van der Waals surface area contributed by atoms with E-state index in [4.69, 9.17) is 0 Å². The number of hydrogen-bond donors (Lipinski definition) is 0. The van der Waals surface area contributed by atoms with Crippen molar-refractivity contribution >= 4 is 11.8 Å². The van der Waals surface area contributed by atoms with Gasteiger partial charge in [-0.25, -0.2) is 0 Å². The minimum Gasteiger partial charge on any atom is -0.306 e. The van der Waals surface area contributed by atoms with Gasteiger partial charge in [-0.2, -0.15) is 0 Å². The summed E-state index contributed by atoms with van der Waals surface area (Å²) in [5.74, 6) is 0. The molecule has 2 rings (SSSR count). The summed E-state index contributed by atoms with van der Waals surface area (Å²) in [7, 11) is 4.27. The van der Waals surface area contributed by atoms with Crippen molar-refractivity contribution in [3.63, 3.8) is 0 Å². The predicted octanol–water partition coefficient (Wildman–Crippen LogP) is 4.33. The molecule has 1 nitrogen and oxygen atoms in total.